The number of carbonyl (C=O) groups excluding carboxylic acids is 1. The maximum absolute atomic E-state index is 11.3. The molecular formula is C18H17ClN4O4S. The molecule has 3 heterocycles. The molecule has 0 bridgehead atoms. The highest BCUT2D eigenvalue weighted by Crippen LogP contribution is 2.36. The van der Waals surface area contributed by atoms with Crippen LogP contribution in [0.15, 0.2) is 40.1 Å². The molecule has 0 aliphatic carbocycles. The van der Waals surface area contributed by atoms with E-state index < -0.39 is 5.91 Å². The van der Waals surface area contributed by atoms with E-state index in [1.54, 1.807) is 18.4 Å². The minimum atomic E-state index is -0.396. The maximum atomic E-state index is 11.3. The first-order valence-corrected chi connectivity index (χ1v) is 9.88. The molecular weight excluding hydrogens is 404 g/mol. The number of furan rings is 1. The van der Waals surface area contributed by atoms with Crippen molar-refractivity contribution in [1.82, 2.24) is 14.8 Å². The first kappa shape index (κ1) is 18.9. The van der Waals surface area contributed by atoms with Gasteiger partial charge in [0.1, 0.15) is 5.75 Å². The molecule has 0 atom stereocenters. The van der Waals surface area contributed by atoms with E-state index in [4.69, 9.17) is 31.2 Å². The van der Waals surface area contributed by atoms with Crippen LogP contribution < -0.4 is 10.5 Å². The number of nitrogens with zero attached hydrogens (tertiary/aromatic N) is 3. The van der Waals surface area contributed by atoms with Gasteiger partial charge in [-0.25, -0.2) is 0 Å². The van der Waals surface area contributed by atoms with E-state index in [0.29, 0.717) is 40.7 Å². The van der Waals surface area contributed by atoms with Gasteiger partial charge in [-0.1, -0.05) is 23.4 Å². The number of thioether (sulfide) groups is 1. The van der Waals surface area contributed by atoms with Crippen molar-refractivity contribution in [2.75, 3.05) is 6.79 Å². The van der Waals surface area contributed by atoms with Gasteiger partial charge in [0.25, 0.3) is 0 Å². The third-order valence-electron chi connectivity index (χ3n) is 4.15. The number of carbonyl (C=O) groups is 1. The molecule has 0 radical (unpaired) electrons. The summed E-state index contributed by atoms with van der Waals surface area (Å²) < 4.78 is 18.2. The van der Waals surface area contributed by atoms with Crippen molar-refractivity contribution in [3.8, 4) is 17.3 Å². The summed E-state index contributed by atoms with van der Waals surface area (Å²) in [6.07, 6.45) is 1.74. The average molecular weight is 421 g/mol. The standard InChI is InChI=1S/C18H17ClN4O4S/c19-13-6-11-8-25-10-27-16(11)12(7-13)9-28-18-22-21-17(14-2-1-5-26-14)23(18)4-3-15(20)24/h1-2,5-7H,3-4,8-10H2,(H2,20,24). The van der Waals surface area contributed by atoms with Gasteiger partial charge in [-0.2, -0.15) is 0 Å². The molecule has 4 rings (SSSR count). The van der Waals surface area contributed by atoms with Crippen molar-refractivity contribution in [1.29, 1.82) is 0 Å². The molecule has 3 aromatic rings. The molecule has 1 aromatic carbocycles. The molecule has 28 heavy (non-hydrogen) atoms. The largest absolute Gasteiger partial charge is 0.467 e. The van der Waals surface area contributed by atoms with Crippen LogP contribution in [0.4, 0.5) is 0 Å². The topological polar surface area (TPSA) is 105 Å². The molecule has 0 unspecified atom stereocenters. The number of rotatable bonds is 7. The molecule has 0 saturated heterocycles. The van der Waals surface area contributed by atoms with Gasteiger partial charge in [0.15, 0.2) is 23.5 Å². The van der Waals surface area contributed by atoms with Crippen molar-refractivity contribution in [2.24, 2.45) is 5.73 Å². The third-order valence-corrected chi connectivity index (χ3v) is 5.38. The number of fused-ring (bicyclic) bond motifs is 1. The summed E-state index contributed by atoms with van der Waals surface area (Å²) in [5, 5.41) is 9.75. The van der Waals surface area contributed by atoms with Crippen LogP contribution in [-0.4, -0.2) is 27.5 Å². The Morgan fingerprint density at radius 2 is 2.25 bits per heavy atom. The third kappa shape index (κ3) is 4.01. The molecule has 0 spiro atoms. The number of benzene rings is 1. The second kappa shape index (κ2) is 8.26. The summed E-state index contributed by atoms with van der Waals surface area (Å²) in [7, 11) is 0. The van der Waals surface area contributed by atoms with Crippen LogP contribution in [0.3, 0.4) is 0 Å². The van der Waals surface area contributed by atoms with Crippen LogP contribution in [0.1, 0.15) is 17.5 Å². The van der Waals surface area contributed by atoms with E-state index in [1.807, 2.05) is 16.7 Å². The summed E-state index contributed by atoms with van der Waals surface area (Å²) in [6, 6.07) is 7.28. The van der Waals surface area contributed by atoms with Crippen molar-refractivity contribution >= 4 is 29.3 Å². The zero-order valence-electron chi connectivity index (χ0n) is 14.8. The van der Waals surface area contributed by atoms with Crippen molar-refractivity contribution in [2.45, 2.75) is 30.5 Å². The molecule has 10 heteroatoms. The number of amides is 1. The summed E-state index contributed by atoms with van der Waals surface area (Å²) in [5.41, 5.74) is 7.18. The van der Waals surface area contributed by atoms with Crippen molar-refractivity contribution in [3.05, 3.63) is 46.7 Å². The highest BCUT2D eigenvalue weighted by atomic mass is 35.5. The average Bonchev–Trinajstić information content (AvgIpc) is 3.33. The van der Waals surface area contributed by atoms with E-state index >= 15 is 0 Å². The number of aromatic nitrogens is 3. The first-order valence-electron chi connectivity index (χ1n) is 8.52. The lowest BCUT2D eigenvalue weighted by molar-refractivity contribution is -0.118. The Labute approximate surface area is 170 Å². The van der Waals surface area contributed by atoms with Gasteiger partial charge in [-0.3, -0.25) is 9.36 Å². The summed E-state index contributed by atoms with van der Waals surface area (Å²) in [6.45, 7) is 1.04. The summed E-state index contributed by atoms with van der Waals surface area (Å²) in [4.78, 5) is 11.3. The predicted octanol–water partition coefficient (Wildman–Crippen LogP) is 3.23. The van der Waals surface area contributed by atoms with E-state index in [0.717, 1.165) is 16.9 Å². The molecule has 2 aromatic heterocycles. The Kier molecular flexibility index (Phi) is 5.56. The number of hydrogen-bond donors (Lipinski definition) is 1. The quantitative estimate of drug-likeness (QED) is 0.585. The Balaban J connectivity index is 1.60. The molecule has 1 aliphatic heterocycles. The predicted molar refractivity (Wildman–Crippen MR) is 103 cm³/mol. The second-order valence-electron chi connectivity index (χ2n) is 6.10. The molecule has 0 saturated carbocycles. The Morgan fingerprint density at radius 3 is 3.04 bits per heavy atom. The molecule has 146 valence electrons. The molecule has 1 amide bonds. The normalized spacial score (nSPS) is 13.2. The monoisotopic (exact) mass is 420 g/mol. The summed E-state index contributed by atoms with van der Waals surface area (Å²) >= 11 is 7.70. The lowest BCUT2D eigenvalue weighted by Gasteiger charge is -2.21. The Hall–Kier alpha value is -2.49. The van der Waals surface area contributed by atoms with Gasteiger partial charge in [0.2, 0.25) is 5.91 Å². The fourth-order valence-corrected chi connectivity index (χ4v) is 4.11. The number of hydrogen-bond acceptors (Lipinski definition) is 7. The van der Waals surface area contributed by atoms with Gasteiger partial charge in [-0.05, 0) is 24.3 Å². The van der Waals surface area contributed by atoms with E-state index in [1.165, 1.54) is 11.8 Å². The van der Waals surface area contributed by atoms with Gasteiger partial charge in [0, 0.05) is 34.9 Å². The Morgan fingerprint density at radius 1 is 1.36 bits per heavy atom. The molecule has 2 N–H and O–H groups in total. The van der Waals surface area contributed by atoms with Gasteiger partial charge in [0.05, 0.1) is 12.9 Å². The number of nitrogens with two attached hydrogens (primary N) is 1. The SMILES string of the molecule is NC(=O)CCn1c(SCc2cc(Cl)cc3c2OCOC3)nnc1-c1ccco1. The number of halogens is 1. The van der Waals surface area contributed by atoms with Crippen LogP contribution in [0.5, 0.6) is 5.75 Å². The molecule has 8 nitrogen and oxygen atoms in total. The van der Waals surface area contributed by atoms with Gasteiger partial charge in [-0.15, -0.1) is 10.2 Å². The van der Waals surface area contributed by atoms with Gasteiger partial charge < -0.3 is 19.6 Å². The fraction of sp³-hybridized carbons (Fsp3) is 0.278. The van der Waals surface area contributed by atoms with E-state index in [9.17, 15) is 4.79 Å². The highest BCUT2D eigenvalue weighted by Gasteiger charge is 2.20. The fourth-order valence-electron chi connectivity index (χ4n) is 2.91. The lowest BCUT2D eigenvalue weighted by Crippen LogP contribution is -2.15. The smallest absolute Gasteiger partial charge is 0.219 e. The Bertz CT molecular complexity index is 990. The van der Waals surface area contributed by atoms with E-state index in [2.05, 4.69) is 10.2 Å². The van der Waals surface area contributed by atoms with Gasteiger partial charge >= 0.3 is 0 Å². The van der Waals surface area contributed by atoms with Crippen molar-refractivity contribution < 1.29 is 18.7 Å². The van der Waals surface area contributed by atoms with Crippen LogP contribution in [0, 0.1) is 0 Å². The van der Waals surface area contributed by atoms with Crippen LogP contribution in [-0.2, 0) is 28.4 Å². The molecule has 1 aliphatic rings. The number of ether oxygens (including phenoxy) is 2. The van der Waals surface area contributed by atoms with E-state index in [-0.39, 0.29) is 13.2 Å². The zero-order valence-corrected chi connectivity index (χ0v) is 16.3. The maximum Gasteiger partial charge on any atom is 0.219 e. The van der Waals surface area contributed by atoms with Crippen molar-refractivity contribution in [3.63, 3.8) is 0 Å². The second-order valence-corrected chi connectivity index (χ2v) is 7.48. The first-order chi connectivity index (χ1) is 13.6. The van der Waals surface area contributed by atoms with Crippen LogP contribution >= 0.6 is 23.4 Å². The lowest BCUT2D eigenvalue weighted by atomic mass is 10.1. The highest BCUT2D eigenvalue weighted by molar-refractivity contribution is 7.98. The molecule has 0 fully saturated rings. The van der Waals surface area contributed by atoms with Crippen LogP contribution in [0.25, 0.3) is 11.6 Å². The minimum Gasteiger partial charge on any atom is -0.467 e. The number of primary amides is 1. The zero-order chi connectivity index (χ0) is 19.5. The summed E-state index contributed by atoms with van der Waals surface area (Å²) in [5.74, 6) is 2.08. The minimum absolute atomic E-state index is 0.173. The van der Waals surface area contributed by atoms with Crippen LogP contribution in [0.2, 0.25) is 5.02 Å².